The lowest BCUT2D eigenvalue weighted by atomic mass is 9.92. The topological polar surface area (TPSA) is 158 Å². The maximum atomic E-state index is 14.2. The Labute approximate surface area is 307 Å². The zero-order chi connectivity index (χ0) is 38.6. The van der Waals surface area contributed by atoms with Gasteiger partial charge in [0.2, 0.25) is 11.8 Å². The van der Waals surface area contributed by atoms with Crippen LogP contribution >= 0.6 is 11.3 Å². The van der Waals surface area contributed by atoms with Crippen molar-refractivity contribution in [2.45, 2.75) is 111 Å². The Bertz CT molecular complexity index is 1440. The number of benzene rings is 1. The molecule has 0 saturated heterocycles. The molecule has 0 fully saturated rings. The highest BCUT2D eigenvalue weighted by atomic mass is 32.1. The first-order valence-electron chi connectivity index (χ1n) is 17.8. The Morgan fingerprint density at radius 3 is 2.06 bits per heavy atom. The second-order valence-corrected chi connectivity index (χ2v) is 15.4. The molecule has 13 heteroatoms. The second-order valence-electron chi connectivity index (χ2n) is 14.5. The molecule has 3 amide bonds. The number of aromatic nitrogens is 1. The number of likely N-dealkylation sites (N-methyl/N-ethyl adjacent to an activating group) is 2. The number of nitrogens with one attached hydrogen (secondary N) is 2. The van der Waals surface area contributed by atoms with Crippen LogP contribution in [0.2, 0.25) is 0 Å². The Morgan fingerprint density at radius 2 is 1.55 bits per heavy atom. The number of carbonyl (C=O) groups excluding carboxylic acids is 4. The molecule has 0 saturated carbocycles. The number of carboxylic acids is 1. The molecule has 0 aliphatic carbocycles. The van der Waals surface area contributed by atoms with Crippen molar-refractivity contribution < 1.29 is 33.8 Å². The molecule has 2 rings (SSSR count). The Morgan fingerprint density at radius 1 is 0.922 bits per heavy atom. The van der Waals surface area contributed by atoms with Gasteiger partial charge in [-0.15, -0.1) is 11.3 Å². The zero-order valence-corrected chi connectivity index (χ0v) is 33.0. The summed E-state index contributed by atoms with van der Waals surface area (Å²) in [5.41, 5.74) is 1.08. The lowest BCUT2D eigenvalue weighted by Gasteiger charge is -2.37. The van der Waals surface area contributed by atoms with Crippen molar-refractivity contribution in [2.75, 3.05) is 21.1 Å². The second kappa shape index (κ2) is 20.3. The molecule has 12 nitrogen and oxygen atoms in total. The van der Waals surface area contributed by atoms with Crippen LogP contribution in [-0.2, 0) is 30.3 Å². The van der Waals surface area contributed by atoms with Gasteiger partial charge in [-0.2, -0.15) is 0 Å². The van der Waals surface area contributed by atoms with Crippen LogP contribution in [0.3, 0.4) is 0 Å². The average molecular weight is 730 g/mol. The molecule has 1 aromatic carbocycles. The molecule has 0 unspecified atom stereocenters. The van der Waals surface area contributed by atoms with Gasteiger partial charge >= 0.3 is 11.9 Å². The summed E-state index contributed by atoms with van der Waals surface area (Å²) in [4.78, 5) is 73.1. The van der Waals surface area contributed by atoms with Crippen molar-refractivity contribution >= 4 is 41.0 Å². The van der Waals surface area contributed by atoms with E-state index >= 15 is 0 Å². The van der Waals surface area contributed by atoms with Gasteiger partial charge in [-0.1, -0.05) is 85.2 Å². The van der Waals surface area contributed by atoms with Crippen molar-refractivity contribution in [1.29, 1.82) is 0 Å². The summed E-state index contributed by atoms with van der Waals surface area (Å²) in [6.45, 7) is 14.7. The minimum Gasteiger partial charge on any atom is -0.481 e. The number of nitrogens with zero attached hydrogens (tertiary/aromatic N) is 3. The normalized spacial score (nSPS) is 15.7. The van der Waals surface area contributed by atoms with Crippen LogP contribution in [0, 0.1) is 23.7 Å². The summed E-state index contributed by atoms with van der Waals surface area (Å²) < 4.78 is 5.76. The van der Waals surface area contributed by atoms with E-state index in [4.69, 9.17) is 4.74 Å². The minimum atomic E-state index is -0.947. The summed E-state index contributed by atoms with van der Waals surface area (Å²) in [5, 5.41) is 17.5. The highest BCUT2D eigenvalue weighted by molar-refractivity contribution is 7.09. The van der Waals surface area contributed by atoms with Crippen LogP contribution in [-0.4, -0.2) is 94.9 Å². The van der Waals surface area contributed by atoms with E-state index in [0.717, 1.165) is 5.56 Å². The number of ether oxygens (including phenoxy) is 1. The highest BCUT2D eigenvalue weighted by Crippen LogP contribution is 2.31. The fourth-order valence-electron chi connectivity index (χ4n) is 6.35. The third-order valence-electron chi connectivity index (χ3n) is 9.36. The molecule has 0 aliphatic rings. The van der Waals surface area contributed by atoms with E-state index in [1.54, 1.807) is 24.3 Å². The summed E-state index contributed by atoms with van der Waals surface area (Å²) in [6.07, 6.45) is 0.713. The standard InChI is InChI=1S/C38H59N5O7S/c1-12-24(6)32(41-35(46)33(23(4)5)42(9)10)37(47)43(11)30(22(2)3)20-31(50-26(8)44)36-40-29(21-51-36)34(45)39-28(18-25(7)38(48)49)19-27-16-14-13-15-17-27/h13-17,21-25,28,30-33H,12,18-20H2,1-11H3,(H,39,45)(H,41,46)(H,48,49)/t24-,25-,28+,30+,31+,32-,33+/m0/s1. The van der Waals surface area contributed by atoms with Crippen LogP contribution in [0.5, 0.6) is 0 Å². The van der Waals surface area contributed by atoms with Gasteiger partial charge in [0.15, 0.2) is 6.10 Å². The molecule has 0 radical (unpaired) electrons. The number of rotatable bonds is 20. The molecule has 1 aromatic heterocycles. The van der Waals surface area contributed by atoms with Gasteiger partial charge in [0.1, 0.15) is 16.7 Å². The van der Waals surface area contributed by atoms with Crippen LogP contribution < -0.4 is 10.6 Å². The molecule has 0 spiro atoms. The predicted octanol–water partition coefficient (Wildman–Crippen LogP) is 5.19. The molecule has 51 heavy (non-hydrogen) atoms. The van der Waals surface area contributed by atoms with Gasteiger partial charge in [0, 0.05) is 37.9 Å². The number of amides is 3. The SMILES string of the molecule is CC[C@H](C)[C@H](NC(=O)[C@@H](C(C)C)N(C)C)C(=O)N(C)[C@H](C[C@@H](OC(C)=O)c1nc(C(=O)N[C@@H](Cc2ccccc2)C[C@H](C)C(=O)O)cs1)C(C)C. The quantitative estimate of drug-likeness (QED) is 0.156. The van der Waals surface area contributed by atoms with Gasteiger partial charge in [-0.3, -0.25) is 28.9 Å². The number of thiazole rings is 1. The van der Waals surface area contributed by atoms with Crippen LogP contribution in [0.25, 0.3) is 0 Å². The summed E-state index contributed by atoms with van der Waals surface area (Å²) in [7, 11) is 5.39. The predicted molar refractivity (Wildman–Crippen MR) is 199 cm³/mol. The van der Waals surface area contributed by atoms with Gasteiger partial charge < -0.3 is 25.4 Å². The maximum Gasteiger partial charge on any atom is 0.306 e. The number of hydrogen-bond acceptors (Lipinski definition) is 9. The van der Waals surface area contributed by atoms with E-state index in [1.807, 2.05) is 90.9 Å². The van der Waals surface area contributed by atoms with Gasteiger partial charge in [-0.25, -0.2) is 4.98 Å². The van der Waals surface area contributed by atoms with Gasteiger partial charge in [0.05, 0.1) is 12.0 Å². The number of carbonyl (C=O) groups is 5. The third kappa shape index (κ3) is 13.0. The largest absolute Gasteiger partial charge is 0.481 e. The first-order chi connectivity index (χ1) is 23.9. The number of hydrogen-bond donors (Lipinski definition) is 3. The third-order valence-corrected chi connectivity index (χ3v) is 10.3. The van der Waals surface area contributed by atoms with Gasteiger partial charge in [0.25, 0.3) is 5.91 Å². The van der Waals surface area contributed by atoms with E-state index < -0.39 is 54.0 Å². The van der Waals surface area contributed by atoms with Crippen LogP contribution in [0.1, 0.15) is 102 Å². The van der Waals surface area contributed by atoms with E-state index in [9.17, 15) is 29.1 Å². The first-order valence-corrected chi connectivity index (χ1v) is 18.7. The van der Waals surface area contributed by atoms with Gasteiger partial charge in [-0.05, 0) is 50.3 Å². The summed E-state index contributed by atoms with van der Waals surface area (Å²) in [5.74, 6) is -3.23. The smallest absolute Gasteiger partial charge is 0.306 e. The molecule has 0 aliphatic heterocycles. The molecule has 7 atom stereocenters. The van der Waals surface area contributed by atoms with E-state index in [0.29, 0.717) is 17.8 Å². The van der Waals surface area contributed by atoms with E-state index in [2.05, 4.69) is 15.6 Å². The summed E-state index contributed by atoms with van der Waals surface area (Å²) >= 11 is 1.18. The highest BCUT2D eigenvalue weighted by Gasteiger charge is 2.37. The lowest BCUT2D eigenvalue weighted by Crippen LogP contribution is -2.58. The summed E-state index contributed by atoms with van der Waals surface area (Å²) in [6, 6.07) is 7.48. The van der Waals surface area contributed by atoms with Crippen LogP contribution in [0.15, 0.2) is 35.7 Å². The van der Waals surface area contributed by atoms with E-state index in [-0.39, 0.29) is 48.1 Å². The zero-order valence-electron chi connectivity index (χ0n) is 32.1. The number of esters is 1. The molecule has 284 valence electrons. The molecule has 3 N–H and O–H groups in total. The first kappa shape index (κ1) is 43.3. The van der Waals surface area contributed by atoms with Crippen molar-refractivity contribution in [1.82, 2.24) is 25.4 Å². The number of carboxylic acid groups (broad SMARTS) is 1. The number of aliphatic carboxylic acids is 1. The monoisotopic (exact) mass is 729 g/mol. The minimum absolute atomic E-state index is 0.0339. The average Bonchev–Trinajstić information content (AvgIpc) is 3.55. The molecular weight excluding hydrogens is 671 g/mol. The van der Waals surface area contributed by atoms with Crippen molar-refractivity contribution in [3.63, 3.8) is 0 Å². The molecular formula is C38H59N5O7S. The van der Waals surface area contributed by atoms with Crippen molar-refractivity contribution in [2.24, 2.45) is 23.7 Å². The van der Waals surface area contributed by atoms with E-state index in [1.165, 1.54) is 18.3 Å². The van der Waals surface area contributed by atoms with Crippen molar-refractivity contribution in [3.05, 3.63) is 52.0 Å². The van der Waals surface area contributed by atoms with Crippen LogP contribution in [0.4, 0.5) is 0 Å². The molecule has 1 heterocycles. The lowest BCUT2D eigenvalue weighted by molar-refractivity contribution is -0.149. The van der Waals surface area contributed by atoms with Crippen molar-refractivity contribution in [3.8, 4) is 0 Å². The Hall–Kier alpha value is -3.84. The molecule has 2 aromatic rings. The Kier molecular flexibility index (Phi) is 17.2. The molecule has 0 bridgehead atoms. The fourth-order valence-corrected chi connectivity index (χ4v) is 7.19. The Balaban J connectivity index is 2.34. The fraction of sp³-hybridized carbons (Fsp3) is 0.632. The maximum absolute atomic E-state index is 14.2.